The van der Waals surface area contributed by atoms with E-state index in [1.54, 1.807) is 35.2 Å². The molecule has 0 aliphatic carbocycles. The molecule has 0 fully saturated rings. The molecule has 1 N–H and O–H groups in total. The van der Waals surface area contributed by atoms with Gasteiger partial charge < -0.3 is 19.7 Å². The first kappa shape index (κ1) is 33.1. The number of amides is 2. The lowest BCUT2D eigenvalue weighted by Gasteiger charge is -2.32. The molecule has 0 saturated carbocycles. The van der Waals surface area contributed by atoms with Crippen molar-refractivity contribution in [1.82, 2.24) is 10.2 Å². The number of carbonyl (C=O) groups excluding carboxylic acids is 2. The number of hydrogen-bond acceptors (Lipinski definition) is 6. The van der Waals surface area contributed by atoms with Crippen molar-refractivity contribution in [2.45, 2.75) is 45.7 Å². The quantitative estimate of drug-likeness (QED) is 0.264. The van der Waals surface area contributed by atoms with Crippen LogP contribution in [0.3, 0.4) is 0 Å². The minimum Gasteiger partial charge on any atom is -0.486 e. The Morgan fingerprint density at radius 2 is 1.64 bits per heavy atom. The molecular weight excluding hydrogens is 602 g/mol. The summed E-state index contributed by atoms with van der Waals surface area (Å²) >= 11 is 6.27. The zero-order valence-corrected chi connectivity index (χ0v) is 26.9. The first-order chi connectivity index (χ1) is 21.0. The Balaban J connectivity index is 1.57. The average molecular weight is 642 g/mol. The van der Waals surface area contributed by atoms with Gasteiger partial charge >= 0.3 is 0 Å². The van der Waals surface area contributed by atoms with E-state index in [0.717, 1.165) is 17.4 Å². The number of halogens is 1. The Morgan fingerprint density at radius 3 is 2.32 bits per heavy atom. The van der Waals surface area contributed by atoms with Gasteiger partial charge in [0.05, 0.1) is 11.9 Å². The molecule has 3 aromatic carbocycles. The first-order valence-electron chi connectivity index (χ1n) is 14.7. The number of fused-ring (bicyclic) bond motifs is 1. The van der Waals surface area contributed by atoms with Gasteiger partial charge in [-0.25, -0.2) is 8.42 Å². The van der Waals surface area contributed by atoms with E-state index in [-0.39, 0.29) is 43.7 Å². The fraction of sp³-hybridized carbons (Fsp3) is 0.394. The van der Waals surface area contributed by atoms with E-state index in [2.05, 4.69) is 5.32 Å². The number of benzene rings is 3. The van der Waals surface area contributed by atoms with Gasteiger partial charge in [-0.2, -0.15) is 0 Å². The summed E-state index contributed by atoms with van der Waals surface area (Å²) < 4.78 is 38.1. The van der Waals surface area contributed by atoms with E-state index in [9.17, 15) is 18.0 Å². The van der Waals surface area contributed by atoms with Gasteiger partial charge in [-0.3, -0.25) is 13.9 Å². The Morgan fingerprint density at radius 1 is 0.932 bits per heavy atom. The van der Waals surface area contributed by atoms with Gasteiger partial charge in [0.25, 0.3) is 0 Å². The minimum atomic E-state index is -3.67. The van der Waals surface area contributed by atoms with Crippen molar-refractivity contribution < 1.29 is 27.5 Å². The van der Waals surface area contributed by atoms with Crippen LogP contribution in [0.15, 0.2) is 72.8 Å². The van der Waals surface area contributed by atoms with Gasteiger partial charge in [0.15, 0.2) is 11.5 Å². The van der Waals surface area contributed by atoms with Crippen molar-refractivity contribution in [3.63, 3.8) is 0 Å². The number of nitrogens with one attached hydrogen (secondary N) is 1. The summed E-state index contributed by atoms with van der Waals surface area (Å²) in [5.74, 6) is 0.756. The topological polar surface area (TPSA) is 105 Å². The molecule has 9 nitrogen and oxygen atoms in total. The number of anilines is 1. The summed E-state index contributed by atoms with van der Waals surface area (Å²) in [4.78, 5) is 29.2. The van der Waals surface area contributed by atoms with Crippen LogP contribution < -0.4 is 19.1 Å². The highest BCUT2D eigenvalue weighted by molar-refractivity contribution is 7.92. The molecular formula is C33H40ClN3O6S. The minimum absolute atomic E-state index is 0.0277. The predicted octanol–water partition coefficient (Wildman–Crippen LogP) is 5.07. The van der Waals surface area contributed by atoms with Crippen molar-refractivity contribution in [3.8, 4) is 11.5 Å². The Labute approximate surface area is 265 Å². The Kier molecular flexibility index (Phi) is 11.5. The summed E-state index contributed by atoms with van der Waals surface area (Å²) in [7, 11) is -3.67. The zero-order chi connectivity index (χ0) is 31.7. The summed E-state index contributed by atoms with van der Waals surface area (Å²) in [6, 6.07) is 21.0. The highest BCUT2D eigenvalue weighted by Crippen LogP contribution is 2.35. The lowest BCUT2D eigenvalue weighted by molar-refractivity contribution is -0.141. The lowest BCUT2D eigenvalue weighted by Crippen LogP contribution is -2.51. The van der Waals surface area contributed by atoms with Crippen molar-refractivity contribution >= 4 is 39.1 Å². The van der Waals surface area contributed by atoms with Crippen LogP contribution in [0.1, 0.15) is 37.8 Å². The maximum atomic E-state index is 14.0. The van der Waals surface area contributed by atoms with Crippen molar-refractivity contribution in [3.05, 3.63) is 88.9 Å². The second-order valence-corrected chi connectivity index (χ2v) is 13.6. The molecule has 11 heteroatoms. The number of ether oxygens (including phenoxy) is 2. The molecule has 0 saturated heterocycles. The van der Waals surface area contributed by atoms with Crippen LogP contribution in [-0.2, 0) is 32.6 Å². The summed E-state index contributed by atoms with van der Waals surface area (Å²) in [6.07, 6.45) is 1.72. The third kappa shape index (κ3) is 9.37. The van der Waals surface area contributed by atoms with Gasteiger partial charge in [-0.15, -0.1) is 0 Å². The largest absolute Gasteiger partial charge is 0.486 e. The maximum absolute atomic E-state index is 14.0. The van der Waals surface area contributed by atoms with E-state index in [0.29, 0.717) is 48.4 Å². The molecule has 44 heavy (non-hydrogen) atoms. The van der Waals surface area contributed by atoms with Crippen LogP contribution in [0, 0.1) is 5.92 Å². The van der Waals surface area contributed by atoms with Crippen molar-refractivity contribution in [1.29, 1.82) is 0 Å². The summed E-state index contributed by atoms with van der Waals surface area (Å²) in [5.41, 5.74) is 2.13. The number of sulfonamides is 1. The third-order valence-corrected chi connectivity index (χ3v) is 8.59. The molecule has 0 aromatic heterocycles. The first-order valence-corrected chi connectivity index (χ1v) is 17.0. The Hall–Kier alpha value is -3.76. The normalized spacial score (nSPS) is 13.3. The predicted molar refractivity (Wildman–Crippen MR) is 173 cm³/mol. The molecule has 1 aliphatic rings. The molecule has 1 atom stereocenters. The summed E-state index contributed by atoms with van der Waals surface area (Å²) in [5, 5.41) is 3.54. The standard InChI is InChI=1S/C33H40ClN3O6S/c1-24(2)22-35-33(39)29(20-25-9-5-4-6-10-25)36(23-26-11-7-12-27(34)19-26)32(38)13-8-16-37(44(3,40)41)28-14-15-30-31(21-28)43-18-17-42-30/h4-7,9-12,14-15,19,21,24,29H,8,13,16-18,20,22-23H2,1-3H3,(H,35,39). The molecule has 1 heterocycles. The molecule has 0 radical (unpaired) electrons. The third-order valence-electron chi connectivity index (χ3n) is 7.16. The van der Waals surface area contributed by atoms with E-state index in [1.165, 1.54) is 4.31 Å². The maximum Gasteiger partial charge on any atom is 0.243 e. The molecule has 236 valence electrons. The number of nitrogens with zero attached hydrogens (tertiary/aromatic N) is 2. The fourth-order valence-corrected chi connectivity index (χ4v) is 6.17. The Bertz CT molecular complexity index is 1530. The molecule has 3 aromatic rings. The van der Waals surface area contributed by atoms with Crippen molar-refractivity contribution in [2.24, 2.45) is 5.92 Å². The molecule has 1 unspecified atom stereocenters. The molecule has 0 bridgehead atoms. The number of hydrogen-bond donors (Lipinski definition) is 1. The van der Waals surface area contributed by atoms with Crippen LogP contribution in [0.25, 0.3) is 0 Å². The monoisotopic (exact) mass is 641 g/mol. The van der Waals surface area contributed by atoms with Gasteiger partial charge in [-0.1, -0.05) is 67.9 Å². The second kappa shape index (κ2) is 15.3. The smallest absolute Gasteiger partial charge is 0.243 e. The molecule has 2 amide bonds. The van der Waals surface area contributed by atoms with Gasteiger partial charge in [-0.05, 0) is 47.7 Å². The van der Waals surface area contributed by atoms with E-state index >= 15 is 0 Å². The van der Waals surface area contributed by atoms with Gasteiger partial charge in [0.1, 0.15) is 19.3 Å². The van der Waals surface area contributed by atoms with Crippen LogP contribution >= 0.6 is 11.6 Å². The van der Waals surface area contributed by atoms with E-state index in [4.69, 9.17) is 21.1 Å². The zero-order valence-electron chi connectivity index (χ0n) is 25.4. The fourth-order valence-electron chi connectivity index (χ4n) is 5.00. The van der Waals surface area contributed by atoms with Crippen LogP contribution in [0.4, 0.5) is 5.69 Å². The summed E-state index contributed by atoms with van der Waals surface area (Å²) in [6.45, 7) is 5.54. The van der Waals surface area contributed by atoms with Gasteiger partial charge in [0.2, 0.25) is 21.8 Å². The molecule has 1 aliphatic heterocycles. The second-order valence-electron chi connectivity index (χ2n) is 11.3. The molecule has 0 spiro atoms. The van der Waals surface area contributed by atoms with Crippen LogP contribution in [-0.4, -0.2) is 63.7 Å². The van der Waals surface area contributed by atoms with Crippen molar-refractivity contribution in [2.75, 3.05) is 36.9 Å². The van der Waals surface area contributed by atoms with Crippen LogP contribution in [0.2, 0.25) is 5.02 Å². The highest BCUT2D eigenvalue weighted by Gasteiger charge is 2.31. The number of rotatable bonds is 14. The molecule has 4 rings (SSSR count). The van der Waals surface area contributed by atoms with E-state index in [1.807, 2.05) is 56.3 Å². The average Bonchev–Trinajstić information content (AvgIpc) is 2.99. The van der Waals surface area contributed by atoms with Crippen LogP contribution in [0.5, 0.6) is 11.5 Å². The lowest BCUT2D eigenvalue weighted by atomic mass is 10.0. The van der Waals surface area contributed by atoms with E-state index < -0.39 is 16.1 Å². The van der Waals surface area contributed by atoms with Gasteiger partial charge in [0, 0.05) is 43.6 Å². The highest BCUT2D eigenvalue weighted by atomic mass is 35.5. The SMILES string of the molecule is CC(C)CNC(=O)C(Cc1ccccc1)N(Cc1cccc(Cl)c1)C(=O)CCCN(c1ccc2c(c1)OCCO2)S(C)(=O)=O. The number of carbonyl (C=O) groups is 2.